The van der Waals surface area contributed by atoms with E-state index in [2.05, 4.69) is 10.2 Å². The second-order valence-corrected chi connectivity index (χ2v) is 7.14. The standard InChI is InChI=1S/C12H16N4O2S/c13-8-9-4-3-6-16-11(9)14-15-12(16)10-5-1-2-7-19(10,17)18/h3-4,6,10H,1-2,5,7-8,13H2. The zero-order valence-corrected chi connectivity index (χ0v) is 11.3. The summed E-state index contributed by atoms with van der Waals surface area (Å²) in [6, 6.07) is 3.72. The lowest BCUT2D eigenvalue weighted by Gasteiger charge is -2.20. The van der Waals surface area contributed by atoms with E-state index in [1.165, 1.54) is 0 Å². The van der Waals surface area contributed by atoms with Crippen molar-refractivity contribution in [2.75, 3.05) is 5.75 Å². The quantitative estimate of drug-likeness (QED) is 0.879. The van der Waals surface area contributed by atoms with Crippen molar-refractivity contribution in [3.8, 4) is 0 Å². The Labute approximate surface area is 111 Å². The fourth-order valence-corrected chi connectivity index (χ4v) is 4.51. The van der Waals surface area contributed by atoms with Gasteiger partial charge in [-0.2, -0.15) is 0 Å². The van der Waals surface area contributed by atoms with Gasteiger partial charge in [-0.15, -0.1) is 10.2 Å². The van der Waals surface area contributed by atoms with E-state index < -0.39 is 15.1 Å². The third-order valence-corrected chi connectivity index (χ3v) is 5.80. The van der Waals surface area contributed by atoms with Crippen LogP contribution < -0.4 is 5.73 Å². The summed E-state index contributed by atoms with van der Waals surface area (Å²) < 4.78 is 26.1. The number of aromatic nitrogens is 3. The van der Waals surface area contributed by atoms with Crippen LogP contribution in [0.4, 0.5) is 0 Å². The van der Waals surface area contributed by atoms with Crippen LogP contribution in [0.25, 0.3) is 5.65 Å². The molecule has 2 aromatic rings. The summed E-state index contributed by atoms with van der Waals surface area (Å²) in [6.45, 7) is 0.361. The molecule has 3 rings (SSSR count). The van der Waals surface area contributed by atoms with E-state index in [9.17, 15) is 8.42 Å². The van der Waals surface area contributed by atoms with Crippen molar-refractivity contribution < 1.29 is 8.42 Å². The fourth-order valence-electron chi connectivity index (χ4n) is 2.61. The van der Waals surface area contributed by atoms with Crippen LogP contribution in [0.15, 0.2) is 18.3 Å². The Hall–Kier alpha value is -1.47. The van der Waals surface area contributed by atoms with Crippen molar-refractivity contribution in [1.29, 1.82) is 0 Å². The molecule has 6 nitrogen and oxygen atoms in total. The van der Waals surface area contributed by atoms with E-state index in [1.807, 2.05) is 12.1 Å². The minimum absolute atomic E-state index is 0.239. The molecule has 1 unspecified atom stereocenters. The van der Waals surface area contributed by atoms with Crippen molar-refractivity contribution in [3.05, 3.63) is 29.7 Å². The van der Waals surface area contributed by atoms with Gasteiger partial charge in [0.1, 0.15) is 5.25 Å². The smallest absolute Gasteiger partial charge is 0.165 e. The van der Waals surface area contributed by atoms with E-state index in [0.29, 0.717) is 24.4 Å². The molecule has 19 heavy (non-hydrogen) atoms. The third kappa shape index (κ3) is 2.02. The molecule has 0 aliphatic carbocycles. The van der Waals surface area contributed by atoms with Gasteiger partial charge in [-0.1, -0.05) is 12.5 Å². The highest BCUT2D eigenvalue weighted by Crippen LogP contribution is 2.32. The second kappa shape index (κ2) is 4.57. The van der Waals surface area contributed by atoms with Gasteiger partial charge < -0.3 is 5.73 Å². The average Bonchev–Trinajstić information content (AvgIpc) is 2.82. The van der Waals surface area contributed by atoms with Crippen molar-refractivity contribution in [3.63, 3.8) is 0 Å². The van der Waals surface area contributed by atoms with Crippen LogP contribution in [-0.4, -0.2) is 28.8 Å². The number of hydrogen-bond donors (Lipinski definition) is 1. The predicted octanol–water partition coefficient (Wildman–Crippen LogP) is 0.828. The predicted molar refractivity (Wildman–Crippen MR) is 71.3 cm³/mol. The van der Waals surface area contributed by atoms with Gasteiger partial charge in [0.15, 0.2) is 21.3 Å². The molecular weight excluding hydrogens is 264 g/mol. The van der Waals surface area contributed by atoms with Crippen molar-refractivity contribution >= 4 is 15.5 Å². The number of nitrogens with two attached hydrogens (primary N) is 1. The summed E-state index contributed by atoms with van der Waals surface area (Å²) in [5.74, 6) is 0.758. The van der Waals surface area contributed by atoms with Crippen molar-refractivity contribution in [2.24, 2.45) is 5.73 Å². The van der Waals surface area contributed by atoms with Crippen molar-refractivity contribution in [1.82, 2.24) is 14.6 Å². The number of rotatable bonds is 2. The topological polar surface area (TPSA) is 90.3 Å². The molecule has 0 spiro atoms. The van der Waals surface area contributed by atoms with Gasteiger partial charge in [-0.3, -0.25) is 4.40 Å². The molecular formula is C12H16N4O2S. The summed E-state index contributed by atoms with van der Waals surface area (Å²) in [6.07, 6.45) is 4.07. The summed E-state index contributed by atoms with van der Waals surface area (Å²) in [5, 5.41) is 7.66. The molecule has 3 heterocycles. The van der Waals surface area contributed by atoms with Crippen LogP contribution in [0.3, 0.4) is 0 Å². The minimum atomic E-state index is -3.11. The van der Waals surface area contributed by atoms with E-state index in [1.54, 1.807) is 10.6 Å². The van der Waals surface area contributed by atoms with E-state index in [-0.39, 0.29) is 5.75 Å². The maximum Gasteiger partial charge on any atom is 0.165 e. The van der Waals surface area contributed by atoms with E-state index in [4.69, 9.17) is 5.73 Å². The maximum absolute atomic E-state index is 12.2. The first-order valence-electron chi connectivity index (χ1n) is 6.37. The fraction of sp³-hybridized carbons (Fsp3) is 0.500. The van der Waals surface area contributed by atoms with Crippen LogP contribution in [0.1, 0.15) is 35.9 Å². The van der Waals surface area contributed by atoms with Crippen LogP contribution in [-0.2, 0) is 16.4 Å². The van der Waals surface area contributed by atoms with Crippen LogP contribution >= 0.6 is 0 Å². The lowest BCUT2D eigenvalue weighted by Crippen LogP contribution is -2.23. The molecule has 0 bridgehead atoms. The lowest BCUT2D eigenvalue weighted by molar-refractivity contribution is 0.537. The molecule has 1 aliphatic rings. The molecule has 1 saturated heterocycles. The summed E-state index contributed by atoms with van der Waals surface area (Å²) in [7, 11) is -3.11. The normalized spacial score (nSPS) is 22.7. The molecule has 2 aromatic heterocycles. The molecule has 1 aliphatic heterocycles. The van der Waals surface area contributed by atoms with Crippen LogP contribution in [0.5, 0.6) is 0 Å². The minimum Gasteiger partial charge on any atom is -0.326 e. The monoisotopic (exact) mass is 280 g/mol. The third-order valence-electron chi connectivity index (χ3n) is 3.63. The summed E-state index contributed by atoms with van der Waals surface area (Å²) in [4.78, 5) is 0. The highest BCUT2D eigenvalue weighted by atomic mass is 32.2. The number of fused-ring (bicyclic) bond motifs is 1. The van der Waals surface area contributed by atoms with E-state index in [0.717, 1.165) is 18.4 Å². The molecule has 2 N–H and O–H groups in total. The highest BCUT2D eigenvalue weighted by Gasteiger charge is 2.33. The first-order valence-corrected chi connectivity index (χ1v) is 8.09. The van der Waals surface area contributed by atoms with E-state index >= 15 is 0 Å². The van der Waals surface area contributed by atoms with Crippen LogP contribution in [0.2, 0.25) is 0 Å². The average molecular weight is 280 g/mol. The first-order chi connectivity index (χ1) is 9.13. The Balaban J connectivity index is 2.16. The van der Waals surface area contributed by atoms with Crippen LogP contribution in [0, 0.1) is 0 Å². The van der Waals surface area contributed by atoms with Crippen molar-refractivity contribution in [2.45, 2.75) is 31.1 Å². The first kappa shape index (κ1) is 12.6. The lowest BCUT2D eigenvalue weighted by atomic mass is 10.2. The molecule has 0 amide bonds. The summed E-state index contributed by atoms with van der Waals surface area (Å²) in [5.41, 5.74) is 7.18. The van der Waals surface area contributed by atoms with Gasteiger partial charge in [0.05, 0.1) is 5.75 Å². The van der Waals surface area contributed by atoms with Gasteiger partial charge in [-0.25, -0.2) is 8.42 Å². The molecule has 0 saturated carbocycles. The van der Waals surface area contributed by atoms with Gasteiger partial charge in [0.25, 0.3) is 0 Å². The Kier molecular flexibility index (Phi) is 3.02. The van der Waals surface area contributed by atoms with Gasteiger partial charge in [0, 0.05) is 18.3 Å². The molecule has 1 fully saturated rings. The number of sulfone groups is 1. The zero-order chi connectivity index (χ0) is 13.5. The molecule has 0 radical (unpaired) electrons. The Morgan fingerprint density at radius 1 is 1.37 bits per heavy atom. The second-order valence-electron chi connectivity index (χ2n) is 4.84. The molecule has 102 valence electrons. The van der Waals surface area contributed by atoms with Gasteiger partial charge in [-0.05, 0) is 18.9 Å². The largest absolute Gasteiger partial charge is 0.326 e. The van der Waals surface area contributed by atoms with Gasteiger partial charge in [0.2, 0.25) is 0 Å². The zero-order valence-electron chi connectivity index (χ0n) is 10.5. The molecule has 1 atom stereocenters. The number of pyridine rings is 1. The Bertz CT molecular complexity index is 708. The van der Waals surface area contributed by atoms with Gasteiger partial charge >= 0.3 is 0 Å². The SMILES string of the molecule is NCc1cccn2c(C3CCCCS3(=O)=O)nnc12. The maximum atomic E-state index is 12.2. The summed E-state index contributed by atoms with van der Waals surface area (Å²) >= 11 is 0. The number of hydrogen-bond acceptors (Lipinski definition) is 5. The molecule has 0 aromatic carbocycles. The Morgan fingerprint density at radius 3 is 2.95 bits per heavy atom. The number of nitrogens with zero attached hydrogens (tertiary/aromatic N) is 3. The highest BCUT2D eigenvalue weighted by molar-refractivity contribution is 7.91. The Morgan fingerprint density at radius 2 is 2.21 bits per heavy atom. The molecule has 7 heteroatoms.